The molecule has 1 aromatic carbocycles. The lowest BCUT2D eigenvalue weighted by atomic mass is 10.2. The minimum Gasteiger partial charge on any atom is -0.493 e. The molecule has 3 fully saturated rings. The average Bonchev–Trinajstić information content (AvgIpc) is 3.40. The number of hydrogen-bond donors (Lipinski definition) is 1. The van der Waals surface area contributed by atoms with Gasteiger partial charge in [-0.05, 0) is 55.8 Å². The summed E-state index contributed by atoms with van der Waals surface area (Å²) in [4.78, 5) is 53.0. The highest BCUT2D eigenvalue weighted by molar-refractivity contribution is 8.18. The van der Waals surface area contributed by atoms with E-state index in [2.05, 4.69) is 5.32 Å². The van der Waals surface area contributed by atoms with Gasteiger partial charge in [-0.3, -0.25) is 24.1 Å². The second-order valence-corrected chi connectivity index (χ2v) is 10.7. The molecule has 182 valence electrons. The van der Waals surface area contributed by atoms with Gasteiger partial charge in [0.25, 0.3) is 11.1 Å². The molecular weight excluding hydrogens is 478 g/mol. The van der Waals surface area contributed by atoms with Gasteiger partial charge in [0, 0.05) is 25.3 Å². The van der Waals surface area contributed by atoms with Crippen LogP contribution in [0.15, 0.2) is 23.1 Å². The van der Waals surface area contributed by atoms with Crippen LogP contribution in [0.2, 0.25) is 0 Å². The van der Waals surface area contributed by atoms with E-state index in [1.807, 2.05) is 13.8 Å². The van der Waals surface area contributed by atoms with Gasteiger partial charge in [-0.1, -0.05) is 6.07 Å². The number of nitrogens with zero attached hydrogens (tertiary/aromatic N) is 2. The molecule has 9 nitrogen and oxygen atoms in total. The van der Waals surface area contributed by atoms with E-state index < -0.39 is 11.9 Å². The maximum Gasteiger partial charge on any atom is 0.293 e. The summed E-state index contributed by atoms with van der Waals surface area (Å²) in [5.41, 5.74) is 0.705. The number of carbonyl (C=O) groups excluding carboxylic acids is 4. The summed E-state index contributed by atoms with van der Waals surface area (Å²) in [5.74, 6) is 1.02. The highest BCUT2D eigenvalue weighted by atomic mass is 32.2. The molecule has 3 aliphatic heterocycles. The van der Waals surface area contributed by atoms with Crippen LogP contribution in [0.5, 0.6) is 11.5 Å². The minimum atomic E-state index is -0.519. The van der Waals surface area contributed by atoms with Gasteiger partial charge in [0.05, 0.1) is 23.5 Å². The predicted octanol–water partition coefficient (Wildman–Crippen LogP) is 2.70. The minimum absolute atomic E-state index is 0.00496. The van der Waals surface area contributed by atoms with Crippen LogP contribution in [-0.4, -0.2) is 76.2 Å². The molecule has 4 amide bonds. The maximum absolute atomic E-state index is 12.8. The van der Waals surface area contributed by atoms with Crippen molar-refractivity contribution in [2.45, 2.75) is 37.6 Å². The van der Waals surface area contributed by atoms with E-state index in [1.54, 1.807) is 40.9 Å². The van der Waals surface area contributed by atoms with Crippen LogP contribution in [0.1, 0.15) is 32.3 Å². The molecule has 0 spiro atoms. The molecule has 1 N–H and O–H groups in total. The number of ether oxygens (including phenoxy) is 2. The summed E-state index contributed by atoms with van der Waals surface area (Å²) in [5, 5.41) is 2.40. The monoisotopic (exact) mass is 505 g/mol. The van der Waals surface area contributed by atoms with Crippen molar-refractivity contribution in [1.82, 2.24) is 15.1 Å². The van der Waals surface area contributed by atoms with Crippen LogP contribution < -0.4 is 14.8 Å². The van der Waals surface area contributed by atoms with Crippen molar-refractivity contribution in [2.75, 3.05) is 32.6 Å². The van der Waals surface area contributed by atoms with Crippen molar-refractivity contribution in [3.63, 3.8) is 0 Å². The zero-order chi connectivity index (χ0) is 24.5. The first-order valence-electron chi connectivity index (χ1n) is 11.1. The Hall–Kier alpha value is -2.66. The number of fused-ring (bicyclic) bond motifs is 1. The summed E-state index contributed by atoms with van der Waals surface area (Å²) in [7, 11) is 1.54. The Morgan fingerprint density at radius 1 is 1.29 bits per heavy atom. The molecule has 4 rings (SSSR count). The van der Waals surface area contributed by atoms with Crippen LogP contribution in [0.4, 0.5) is 4.79 Å². The maximum atomic E-state index is 12.8. The van der Waals surface area contributed by atoms with Crippen molar-refractivity contribution >= 4 is 52.6 Å². The summed E-state index contributed by atoms with van der Waals surface area (Å²) < 4.78 is 10.8. The van der Waals surface area contributed by atoms with Gasteiger partial charge in [0.2, 0.25) is 11.8 Å². The van der Waals surface area contributed by atoms with Crippen LogP contribution in [0, 0.1) is 0 Å². The number of benzene rings is 1. The number of hydrogen-bond acceptors (Lipinski definition) is 8. The third-order valence-electron chi connectivity index (χ3n) is 6.04. The quantitative estimate of drug-likeness (QED) is 0.538. The summed E-state index contributed by atoms with van der Waals surface area (Å²) in [6.07, 6.45) is 2.83. The molecular formula is C23H27N3O6S2. The van der Waals surface area contributed by atoms with Gasteiger partial charge in [-0.25, -0.2) is 0 Å². The fourth-order valence-corrected chi connectivity index (χ4v) is 6.61. The van der Waals surface area contributed by atoms with E-state index in [0.29, 0.717) is 40.7 Å². The van der Waals surface area contributed by atoms with E-state index in [1.165, 1.54) is 7.11 Å². The number of amides is 4. The first-order valence-corrected chi connectivity index (χ1v) is 12.9. The van der Waals surface area contributed by atoms with Crippen LogP contribution in [0.3, 0.4) is 0 Å². The Bertz CT molecular complexity index is 1060. The Labute approximate surface area is 206 Å². The molecule has 0 aliphatic carbocycles. The smallest absolute Gasteiger partial charge is 0.293 e. The molecule has 11 heteroatoms. The van der Waals surface area contributed by atoms with E-state index in [4.69, 9.17) is 9.47 Å². The second-order valence-electron chi connectivity index (χ2n) is 8.23. The van der Waals surface area contributed by atoms with Gasteiger partial charge >= 0.3 is 0 Å². The predicted molar refractivity (Wildman–Crippen MR) is 131 cm³/mol. The zero-order valence-electron chi connectivity index (χ0n) is 19.3. The van der Waals surface area contributed by atoms with Crippen LogP contribution in [-0.2, 0) is 14.4 Å². The van der Waals surface area contributed by atoms with Crippen LogP contribution in [0.25, 0.3) is 6.08 Å². The normalized spacial score (nSPS) is 25.3. The largest absolute Gasteiger partial charge is 0.493 e. The molecule has 34 heavy (non-hydrogen) atoms. The standard InChI is InChI=1S/C23H27N3O6S2/c1-4-32-16-6-5-14(11-17(16)31-3)12-18-21(29)25(22(30)34-18)10-9-24-20(28)15-13-33-23(2)8-7-19(27)26(15)23/h5-6,11-12,15H,4,7-10,13H2,1-3H3,(H,24,28)/b18-12+/t15-,23+/m0/s1. The lowest BCUT2D eigenvalue weighted by molar-refractivity contribution is -0.137. The molecule has 0 unspecified atom stereocenters. The molecule has 3 heterocycles. The van der Waals surface area contributed by atoms with Crippen molar-refractivity contribution in [3.05, 3.63) is 28.7 Å². The third kappa shape index (κ3) is 4.63. The number of imide groups is 1. The number of rotatable bonds is 8. The number of nitrogens with one attached hydrogen (secondary N) is 1. The van der Waals surface area contributed by atoms with Crippen molar-refractivity contribution in [3.8, 4) is 11.5 Å². The molecule has 3 saturated heterocycles. The van der Waals surface area contributed by atoms with Gasteiger partial charge < -0.3 is 19.7 Å². The van der Waals surface area contributed by atoms with Gasteiger partial charge in [0.1, 0.15) is 6.04 Å². The Kier molecular flexibility index (Phi) is 7.13. The first kappa shape index (κ1) is 24.5. The molecule has 1 aromatic rings. The highest BCUT2D eigenvalue weighted by Crippen LogP contribution is 2.47. The number of carbonyl (C=O) groups is 4. The van der Waals surface area contributed by atoms with E-state index in [-0.39, 0.29) is 35.0 Å². The van der Waals surface area contributed by atoms with E-state index in [0.717, 1.165) is 23.1 Å². The van der Waals surface area contributed by atoms with Crippen molar-refractivity contribution in [2.24, 2.45) is 0 Å². The van der Waals surface area contributed by atoms with Gasteiger partial charge in [-0.2, -0.15) is 0 Å². The zero-order valence-corrected chi connectivity index (χ0v) is 20.9. The Morgan fingerprint density at radius 2 is 2.09 bits per heavy atom. The average molecular weight is 506 g/mol. The summed E-state index contributed by atoms with van der Waals surface area (Å²) in [6, 6.07) is 4.76. The molecule has 2 atom stereocenters. The fraction of sp³-hybridized carbons (Fsp3) is 0.478. The van der Waals surface area contributed by atoms with E-state index in [9.17, 15) is 19.2 Å². The molecule has 0 aromatic heterocycles. The highest BCUT2D eigenvalue weighted by Gasteiger charge is 2.52. The van der Waals surface area contributed by atoms with Gasteiger partial charge in [0.15, 0.2) is 11.5 Å². The topological polar surface area (TPSA) is 105 Å². The summed E-state index contributed by atoms with van der Waals surface area (Å²) in [6.45, 7) is 4.55. The lowest BCUT2D eigenvalue weighted by Gasteiger charge is -2.29. The number of methoxy groups -OCH3 is 1. The third-order valence-corrected chi connectivity index (χ3v) is 8.45. The lowest BCUT2D eigenvalue weighted by Crippen LogP contribution is -2.51. The molecule has 0 radical (unpaired) electrons. The van der Waals surface area contributed by atoms with Crippen molar-refractivity contribution in [1.29, 1.82) is 0 Å². The SMILES string of the molecule is CCOc1ccc(/C=C2/SC(=O)N(CCNC(=O)[C@@H]3CS[C@]4(C)CCC(=O)N34)C2=O)cc1OC. The first-order chi connectivity index (χ1) is 16.3. The fourth-order valence-electron chi connectivity index (χ4n) is 4.32. The molecule has 0 saturated carbocycles. The second kappa shape index (κ2) is 9.91. The Morgan fingerprint density at radius 3 is 2.82 bits per heavy atom. The van der Waals surface area contributed by atoms with E-state index >= 15 is 0 Å². The molecule has 0 bridgehead atoms. The van der Waals surface area contributed by atoms with Crippen molar-refractivity contribution < 1.29 is 28.7 Å². The Balaban J connectivity index is 1.35. The van der Waals surface area contributed by atoms with Gasteiger partial charge in [-0.15, -0.1) is 11.8 Å². The van der Waals surface area contributed by atoms with Crippen LogP contribution >= 0.6 is 23.5 Å². The summed E-state index contributed by atoms with van der Waals surface area (Å²) >= 11 is 2.48. The molecule has 3 aliphatic rings. The number of thioether (sulfide) groups is 2.